The molecule has 0 aliphatic carbocycles. The number of nitrogens with one attached hydrogen (secondary N) is 2. The Morgan fingerprint density at radius 1 is 1.39 bits per heavy atom. The second-order valence-electron chi connectivity index (χ2n) is 3.92. The van der Waals surface area contributed by atoms with Gasteiger partial charge in [-0.15, -0.1) is 0 Å². The van der Waals surface area contributed by atoms with Gasteiger partial charge in [-0.25, -0.2) is 13.1 Å². The van der Waals surface area contributed by atoms with Gasteiger partial charge in [0, 0.05) is 23.7 Å². The van der Waals surface area contributed by atoms with Crippen LogP contribution in [0.15, 0.2) is 18.2 Å². The molecule has 0 aliphatic heterocycles. The molecular weight excluding hydrogens is 276 g/mol. The molecule has 0 atom stereocenters. The first-order chi connectivity index (χ1) is 8.28. The standard InChI is InChI=1S/C11H15ClN2O3S/c1-8-3-4-9(12)7-10(8)14-11(15)5-6-13-18(2,16)17/h3-4,7,13H,5-6H2,1-2H3,(H,14,15). The number of hydrogen-bond donors (Lipinski definition) is 2. The first-order valence-electron chi connectivity index (χ1n) is 5.28. The van der Waals surface area contributed by atoms with Crippen molar-refractivity contribution in [2.45, 2.75) is 13.3 Å². The van der Waals surface area contributed by atoms with E-state index in [1.807, 2.05) is 6.92 Å². The van der Waals surface area contributed by atoms with E-state index in [1.165, 1.54) is 0 Å². The van der Waals surface area contributed by atoms with Crippen LogP contribution in [0, 0.1) is 6.92 Å². The topological polar surface area (TPSA) is 75.3 Å². The third-order valence-corrected chi connectivity index (χ3v) is 3.15. The zero-order valence-electron chi connectivity index (χ0n) is 10.2. The van der Waals surface area contributed by atoms with E-state index < -0.39 is 10.0 Å². The number of hydrogen-bond acceptors (Lipinski definition) is 3. The maximum absolute atomic E-state index is 11.6. The highest BCUT2D eigenvalue weighted by molar-refractivity contribution is 7.88. The highest BCUT2D eigenvalue weighted by Gasteiger charge is 2.07. The van der Waals surface area contributed by atoms with Crippen molar-refractivity contribution in [3.05, 3.63) is 28.8 Å². The number of rotatable bonds is 5. The Kier molecular flexibility index (Phi) is 5.13. The molecule has 0 bridgehead atoms. The molecule has 0 aliphatic rings. The Labute approximate surface area is 112 Å². The van der Waals surface area contributed by atoms with Gasteiger partial charge < -0.3 is 5.32 Å². The van der Waals surface area contributed by atoms with Crippen molar-refractivity contribution < 1.29 is 13.2 Å². The molecule has 2 N–H and O–H groups in total. The number of halogens is 1. The third kappa shape index (κ3) is 5.48. The maximum Gasteiger partial charge on any atom is 0.225 e. The van der Waals surface area contributed by atoms with Crippen LogP contribution in [0.1, 0.15) is 12.0 Å². The van der Waals surface area contributed by atoms with E-state index >= 15 is 0 Å². The average molecular weight is 291 g/mol. The number of benzene rings is 1. The first-order valence-corrected chi connectivity index (χ1v) is 7.55. The second-order valence-corrected chi connectivity index (χ2v) is 6.19. The normalized spacial score (nSPS) is 11.3. The molecular formula is C11H15ClN2O3S. The zero-order valence-corrected chi connectivity index (χ0v) is 11.7. The van der Waals surface area contributed by atoms with Crippen LogP contribution in [0.5, 0.6) is 0 Å². The molecule has 100 valence electrons. The smallest absolute Gasteiger partial charge is 0.225 e. The highest BCUT2D eigenvalue weighted by Crippen LogP contribution is 2.20. The molecule has 1 rings (SSSR count). The van der Waals surface area contributed by atoms with Crippen molar-refractivity contribution in [3.8, 4) is 0 Å². The van der Waals surface area contributed by atoms with Crippen LogP contribution < -0.4 is 10.0 Å². The van der Waals surface area contributed by atoms with Crippen LogP contribution in [-0.2, 0) is 14.8 Å². The largest absolute Gasteiger partial charge is 0.326 e. The van der Waals surface area contributed by atoms with E-state index in [-0.39, 0.29) is 18.9 Å². The van der Waals surface area contributed by atoms with Gasteiger partial charge in [0.25, 0.3) is 0 Å². The minimum atomic E-state index is -3.26. The van der Waals surface area contributed by atoms with Crippen LogP contribution in [0.3, 0.4) is 0 Å². The molecule has 0 saturated heterocycles. The molecule has 7 heteroatoms. The van der Waals surface area contributed by atoms with E-state index in [2.05, 4.69) is 10.0 Å². The van der Waals surface area contributed by atoms with Gasteiger partial charge in [0.15, 0.2) is 0 Å². The number of carbonyl (C=O) groups is 1. The minimum absolute atomic E-state index is 0.0685. The third-order valence-electron chi connectivity index (χ3n) is 2.19. The second kappa shape index (κ2) is 6.17. The van der Waals surface area contributed by atoms with Gasteiger partial charge >= 0.3 is 0 Å². The maximum atomic E-state index is 11.6. The molecule has 0 fully saturated rings. The predicted molar refractivity (Wildman–Crippen MR) is 72.3 cm³/mol. The molecule has 0 unspecified atom stereocenters. The van der Waals surface area contributed by atoms with Crippen LogP contribution in [0.4, 0.5) is 5.69 Å². The molecule has 0 saturated carbocycles. The fourth-order valence-electron chi connectivity index (χ4n) is 1.29. The monoisotopic (exact) mass is 290 g/mol. The summed E-state index contributed by atoms with van der Waals surface area (Å²) >= 11 is 5.82. The number of carbonyl (C=O) groups excluding carboxylic acids is 1. The van der Waals surface area contributed by atoms with Gasteiger partial charge in [-0.1, -0.05) is 17.7 Å². The molecule has 18 heavy (non-hydrogen) atoms. The summed E-state index contributed by atoms with van der Waals surface area (Å²) < 4.78 is 23.9. The molecule has 0 spiro atoms. The van der Waals surface area contributed by atoms with Crippen molar-refractivity contribution in [3.63, 3.8) is 0 Å². The van der Waals surface area contributed by atoms with Gasteiger partial charge in [-0.3, -0.25) is 4.79 Å². The summed E-state index contributed by atoms with van der Waals surface area (Å²) in [7, 11) is -3.26. The molecule has 1 aromatic rings. The van der Waals surface area contributed by atoms with Crippen LogP contribution >= 0.6 is 11.6 Å². The van der Waals surface area contributed by atoms with Gasteiger partial charge in [-0.05, 0) is 24.6 Å². The van der Waals surface area contributed by atoms with Gasteiger partial charge in [0.05, 0.1) is 6.26 Å². The summed E-state index contributed by atoms with van der Waals surface area (Å²) in [5.41, 5.74) is 1.52. The fraction of sp³-hybridized carbons (Fsp3) is 0.364. The molecule has 1 amide bonds. The molecule has 1 aromatic carbocycles. The number of sulfonamides is 1. The first kappa shape index (κ1) is 14.9. The average Bonchev–Trinajstić information content (AvgIpc) is 2.21. The Bertz CT molecular complexity index is 543. The van der Waals surface area contributed by atoms with E-state index in [9.17, 15) is 13.2 Å². The van der Waals surface area contributed by atoms with E-state index in [1.54, 1.807) is 18.2 Å². The van der Waals surface area contributed by atoms with Crippen molar-refractivity contribution in [1.82, 2.24) is 4.72 Å². The molecule has 5 nitrogen and oxygen atoms in total. The Morgan fingerprint density at radius 2 is 2.06 bits per heavy atom. The lowest BCUT2D eigenvalue weighted by atomic mass is 10.2. The van der Waals surface area contributed by atoms with Crippen molar-refractivity contribution in [2.75, 3.05) is 18.1 Å². The van der Waals surface area contributed by atoms with Crippen LogP contribution in [0.25, 0.3) is 0 Å². The summed E-state index contributed by atoms with van der Waals surface area (Å²) in [6, 6.07) is 5.18. The van der Waals surface area contributed by atoms with Gasteiger partial charge in [-0.2, -0.15) is 0 Å². The number of anilines is 1. The Balaban J connectivity index is 2.52. The van der Waals surface area contributed by atoms with Crippen molar-refractivity contribution in [1.29, 1.82) is 0 Å². The fourth-order valence-corrected chi connectivity index (χ4v) is 1.94. The van der Waals surface area contributed by atoms with Crippen LogP contribution in [-0.4, -0.2) is 27.1 Å². The summed E-state index contributed by atoms with van der Waals surface area (Å²) in [6.45, 7) is 1.92. The lowest BCUT2D eigenvalue weighted by Crippen LogP contribution is -2.26. The van der Waals surface area contributed by atoms with Crippen molar-refractivity contribution >= 4 is 33.2 Å². The minimum Gasteiger partial charge on any atom is -0.326 e. The lowest BCUT2D eigenvalue weighted by molar-refractivity contribution is -0.116. The quantitative estimate of drug-likeness (QED) is 0.863. The van der Waals surface area contributed by atoms with Gasteiger partial charge in [0.1, 0.15) is 0 Å². The molecule has 0 heterocycles. The van der Waals surface area contributed by atoms with Gasteiger partial charge in [0.2, 0.25) is 15.9 Å². The predicted octanol–water partition coefficient (Wildman–Crippen LogP) is 1.53. The van der Waals surface area contributed by atoms with E-state index in [4.69, 9.17) is 11.6 Å². The summed E-state index contributed by atoms with van der Waals surface area (Å²) in [5.74, 6) is -0.267. The van der Waals surface area contributed by atoms with E-state index in [0.717, 1.165) is 11.8 Å². The number of amides is 1. The zero-order chi connectivity index (χ0) is 13.8. The summed E-state index contributed by atoms with van der Waals surface area (Å²) in [5, 5.41) is 3.21. The molecule has 0 aromatic heterocycles. The lowest BCUT2D eigenvalue weighted by Gasteiger charge is -2.08. The van der Waals surface area contributed by atoms with E-state index in [0.29, 0.717) is 10.7 Å². The highest BCUT2D eigenvalue weighted by atomic mass is 35.5. The number of aryl methyl sites for hydroxylation is 1. The summed E-state index contributed by atoms with van der Waals surface area (Å²) in [6.07, 6.45) is 1.12. The summed E-state index contributed by atoms with van der Waals surface area (Å²) in [4.78, 5) is 11.6. The Morgan fingerprint density at radius 3 is 2.67 bits per heavy atom. The Hall–Kier alpha value is -1.11. The van der Waals surface area contributed by atoms with Crippen LogP contribution in [0.2, 0.25) is 5.02 Å². The SMILES string of the molecule is Cc1ccc(Cl)cc1NC(=O)CCNS(C)(=O)=O. The van der Waals surface area contributed by atoms with Crippen molar-refractivity contribution in [2.24, 2.45) is 0 Å². The molecule has 0 radical (unpaired) electrons.